The quantitative estimate of drug-likeness (QED) is 0.475. The van der Waals surface area contributed by atoms with Gasteiger partial charge in [0.25, 0.3) is 0 Å². The van der Waals surface area contributed by atoms with Gasteiger partial charge in [-0.2, -0.15) is 0 Å². The van der Waals surface area contributed by atoms with Crippen LogP contribution in [0.15, 0.2) is 72.8 Å². The van der Waals surface area contributed by atoms with E-state index < -0.39 is 0 Å². The van der Waals surface area contributed by atoms with Gasteiger partial charge in [-0.25, -0.2) is 0 Å². The van der Waals surface area contributed by atoms with Crippen LogP contribution >= 0.6 is 0 Å². The van der Waals surface area contributed by atoms with Crippen LogP contribution in [0, 0.1) is 0 Å². The Bertz CT molecular complexity index is 702. The minimum atomic E-state index is 0.579. The lowest BCUT2D eigenvalue weighted by Crippen LogP contribution is -1.87. The van der Waals surface area contributed by atoms with Crippen LogP contribution in [-0.4, -0.2) is 0 Å². The van der Waals surface area contributed by atoms with Gasteiger partial charge in [-0.1, -0.05) is 100 Å². The van der Waals surface area contributed by atoms with Crippen LogP contribution < -0.4 is 0 Å². The Morgan fingerprint density at radius 1 is 0.375 bits per heavy atom. The molecule has 0 atom stereocenters. The van der Waals surface area contributed by atoms with E-state index in [0.29, 0.717) is 11.8 Å². The highest BCUT2D eigenvalue weighted by Gasteiger charge is 2.04. The highest BCUT2D eigenvalue weighted by molar-refractivity contribution is 5.70. The van der Waals surface area contributed by atoms with E-state index in [1.165, 1.54) is 33.4 Å². The fraction of sp³-hybridized carbons (Fsp3) is 0.250. The van der Waals surface area contributed by atoms with E-state index >= 15 is 0 Å². The van der Waals surface area contributed by atoms with Gasteiger partial charge in [0.1, 0.15) is 0 Å². The number of hydrogen-bond acceptors (Lipinski definition) is 0. The van der Waals surface area contributed by atoms with E-state index in [4.69, 9.17) is 0 Å². The minimum absolute atomic E-state index is 0.579. The summed E-state index contributed by atoms with van der Waals surface area (Å²) in [4.78, 5) is 0. The van der Waals surface area contributed by atoms with Gasteiger partial charge in [0, 0.05) is 0 Å². The van der Waals surface area contributed by atoms with E-state index in [2.05, 4.69) is 100 Å². The molecule has 0 nitrogen and oxygen atoms in total. The van der Waals surface area contributed by atoms with Gasteiger partial charge in [-0.3, -0.25) is 0 Å². The van der Waals surface area contributed by atoms with Crippen LogP contribution in [0.2, 0.25) is 0 Å². The summed E-state index contributed by atoms with van der Waals surface area (Å²) in [5, 5.41) is 0. The lowest BCUT2D eigenvalue weighted by atomic mass is 9.96. The first-order valence-corrected chi connectivity index (χ1v) is 8.85. The molecule has 0 unspecified atom stereocenters. The monoisotopic (exact) mass is 314 g/mol. The van der Waals surface area contributed by atoms with Crippen molar-refractivity contribution in [3.8, 4) is 22.3 Å². The zero-order valence-corrected chi connectivity index (χ0v) is 15.1. The van der Waals surface area contributed by atoms with Gasteiger partial charge in [-0.05, 0) is 45.2 Å². The summed E-state index contributed by atoms with van der Waals surface area (Å²) in [6.07, 6.45) is 0. The molecule has 0 heterocycles. The normalized spacial score (nSPS) is 11.2. The third kappa shape index (κ3) is 3.59. The van der Waals surface area contributed by atoms with Crippen molar-refractivity contribution in [2.24, 2.45) is 0 Å². The third-order valence-electron chi connectivity index (χ3n) is 4.71. The van der Waals surface area contributed by atoms with Gasteiger partial charge >= 0.3 is 0 Å². The van der Waals surface area contributed by atoms with Crippen molar-refractivity contribution >= 4 is 0 Å². The maximum Gasteiger partial charge on any atom is -0.0184 e. The van der Waals surface area contributed by atoms with E-state index in [0.717, 1.165) is 0 Å². The molecule has 0 amide bonds. The molecule has 122 valence electrons. The lowest BCUT2D eigenvalue weighted by molar-refractivity contribution is 0.867. The van der Waals surface area contributed by atoms with E-state index in [-0.39, 0.29) is 0 Å². The van der Waals surface area contributed by atoms with E-state index in [1.54, 1.807) is 0 Å². The number of hydrogen-bond donors (Lipinski definition) is 0. The average Bonchev–Trinajstić information content (AvgIpc) is 2.62. The van der Waals surface area contributed by atoms with Crippen molar-refractivity contribution in [2.75, 3.05) is 0 Å². The van der Waals surface area contributed by atoms with Crippen molar-refractivity contribution < 1.29 is 0 Å². The van der Waals surface area contributed by atoms with E-state index in [9.17, 15) is 0 Å². The van der Waals surface area contributed by atoms with Gasteiger partial charge in [0.2, 0.25) is 0 Å². The first kappa shape index (κ1) is 16.5. The fourth-order valence-electron chi connectivity index (χ4n) is 2.98. The van der Waals surface area contributed by atoms with Crippen LogP contribution in [-0.2, 0) is 0 Å². The molecule has 0 aliphatic rings. The molecular formula is C24H26. The second-order valence-electron chi connectivity index (χ2n) is 7.13. The average molecular weight is 314 g/mol. The summed E-state index contributed by atoms with van der Waals surface area (Å²) in [5.74, 6) is 1.16. The second-order valence-corrected chi connectivity index (χ2v) is 7.13. The standard InChI is InChI=1S/C24H26/c1-17(2)19-5-9-21(10-6-19)23-13-15-24(16-14-23)22-11-7-20(8-12-22)18(3)4/h5-18H,1-4H3. The summed E-state index contributed by atoms with van der Waals surface area (Å²) in [6.45, 7) is 8.92. The Kier molecular flexibility index (Phi) is 4.85. The molecule has 24 heavy (non-hydrogen) atoms. The summed E-state index contributed by atoms with van der Waals surface area (Å²) in [5.41, 5.74) is 7.88. The van der Waals surface area contributed by atoms with Crippen molar-refractivity contribution in [1.82, 2.24) is 0 Å². The molecule has 0 saturated heterocycles. The van der Waals surface area contributed by atoms with Crippen LogP contribution in [0.4, 0.5) is 0 Å². The van der Waals surface area contributed by atoms with Crippen molar-refractivity contribution in [3.63, 3.8) is 0 Å². The molecule has 0 aliphatic heterocycles. The van der Waals surface area contributed by atoms with Crippen molar-refractivity contribution in [2.45, 2.75) is 39.5 Å². The molecule has 0 heteroatoms. The molecule has 0 spiro atoms. The first-order chi connectivity index (χ1) is 11.5. The Morgan fingerprint density at radius 2 is 0.583 bits per heavy atom. The number of rotatable bonds is 4. The predicted molar refractivity (Wildman–Crippen MR) is 105 cm³/mol. The molecule has 0 aromatic heterocycles. The Morgan fingerprint density at radius 3 is 0.792 bits per heavy atom. The molecule has 0 radical (unpaired) electrons. The van der Waals surface area contributed by atoms with Gasteiger partial charge < -0.3 is 0 Å². The molecular weight excluding hydrogens is 288 g/mol. The SMILES string of the molecule is CC(C)c1ccc(-c2ccc(-c3ccc(C(C)C)cc3)cc2)cc1. The van der Waals surface area contributed by atoms with Crippen molar-refractivity contribution in [1.29, 1.82) is 0 Å². The Hall–Kier alpha value is -2.34. The maximum atomic E-state index is 2.23. The van der Waals surface area contributed by atoms with Gasteiger partial charge in [0.05, 0.1) is 0 Å². The van der Waals surface area contributed by atoms with Crippen LogP contribution in [0.1, 0.15) is 50.7 Å². The highest BCUT2D eigenvalue weighted by Crippen LogP contribution is 2.27. The largest absolute Gasteiger partial charge is 0.0587 e. The molecule has 3 aromatic rings. The molecule has 3 rings (SSSR count). The van der Waals surface area contributed by atoms with Crippen LogP contribution in [0.3, 0.4) is 0 Å². The maximum absolute atomic E-state index is 2.23. The smallest absolute Gasteiger partial charge is 0.0184 e. The number of benzene rings is 3. The third-order valence-corrected chi connectivity index (χ3v) is 4.71. The molecule has 0 bridgehead atoms. The molecule has 3 aromatic carbocycles. The zero-order valence-electron chi connectivity index (χ0n) is 15.1. The summed E-state index contributed by atoms with van der Waals surface area (Å²) >= 11 is 0. The highest BCUT2D eigenvalue weighted by atomic mass is 14.1. The topological polar surface area (TPSA) is 0 Å². The molecule has 0 aliphatic carbocycles. The van der Waals surface area contributed by atoms with E-state index in [1.807, 2.05) is 0 Å². The Labute approximate surface area is 146 Å². The summed E-state index contributed by atoms with van der Waals surface area (Å²) in [7, 11) is 0. The van der Waals surface area contributed by atoms with Gasteiger partial charge in [-0.15, -0.1) is 0 Å². The van der Waals surface area contributed by atoms with Gasteiger partial charge in [0.15, 0.2) is 0 Å². The van der Waals surface area contributed by atoms with Crippen molar-refractivity contribution in [3.05, 3.63) is 83.9 Å². The van der Waals surface area contributed by atoms with Crippen LogP contribution in [0.5, 0.6) is 0 Å². The second kappa shape index (κ2) is 7.05. The first-order valence-electron chi connectivity index (χ1n) is 8.85. The lowest BCUT2D eigenvalue weighted by Gasteiger charge is -2.09. The summed E-state index contributed by atoms with van der Waals surface area (Å²) in [6, 6.07) is 26.7. The minimum Gasteiger partial charge on any atom is -0.0587 e. The summed E-state index contributed by atoms with van der Waals surface area (Å²) < 4.78 is 0. The molecule has 0 saturated carbocycles. The molecule has 0 N–H and O–H groups in total. The van der Waals surface area contributed by atoms with Crippen LogP contribution in [0.25, 0.3) is 22.3 Å². The zero-order chi connectivity index (χ0) is 17.1. The predicted octanol–water partition coefficient (Wildman–Crippen LogP) is 7.27. The fourth-order valence-corrected chi connectivity index (χ4v) is 2.98. The Balaban J connectivity index is 1.82. The molecule has 0 fully saturated rings.